The van der Waals surface area contributed by atoms with E-state index in [2.05, 4.69) is 19.4 Å². The summed E-state index contributed by atoms with van der Waals surface area (Å²) in [6.45, 7) is 3.42. The van der Waals surface area contributed by atoms with Crippen molar-refractivity contribution in [2.75, 3.05) is 0 Å². The molecule has 0 spiro atoms. The summed E-state index contributed by atoms with van der Waals surface area (Å²) < 4.78 is 9.36. The number of carbonyl (C=O) groups is 1. The highest BCUT2D eigenvalue weighted by atomic mass is 16.5. The second-order valence-electron chi connectivity index (χ2n) is 2.96. The molecule has 2 rings (SSSR count). The van der Waals surface area contributed by atoms with Crippen LogP contribution in [0.1, 0.15) is 27.3 Å². The first-order valence-corrected chi connectivity index (χ1v) is 4.07. The van der Waals surface area contributed by atoms with Crippen LogP contribution in [0.15, 0.2) is 21.6 Å². The van der Waals surface area contributed by atoms with E-state index < -0.39 is 0 Å². The van der Waals surface area contributed by atoms with Crippen LogP contribution in [0.2, 0.25) is 0 Å². The molecule has 0 fully saturated rings. The van der Waals surface area contributed by atoms with Gasteiger partial charge in [0.15, 0.2) is 0 Å². The molecule has 5 nitrogen and oxygen atoms in total. The molecule has 0 aliphatic heterocycles. The van der Waals surface area contributed by atoms with Gasteiger partial charge in [0.05, 0.1) is 22.5 Å². The average Bonchev–Trinajstić information content (AvgIpc) is 2.73. The highest BCUT2D eigenvalue weighted by Crippen LogP contribution is 2.14. The highest BCUT2D eigenvalue weighted by molar-refractivity contribution is 6.09. The van der Waals surface area contributed by atoms with E-state index in [1.807, 2.05) is 0 Å². The second-order valence-corrected chi connectivity index (χ2v) is 2.96. The van der Waals surface area contributed by atoms with Crippen LogP contribution in [-0.4, -0.2) is 16.1 Å². The van der Waals surface area contributed by atoms with E-state index in [0.29, 0.717) is 22.5 Å². The van der Waals surface area contributed by atoms with Crippen LogP contribution in [0.5, 0.6) is 0 Å². The molecular weight excluding hydrogens is 184 g/mol. The topological polar surface area (TPSA) is 69.1 Å². The lowest BCUT2D eigenvalue weighted by molar-refractivity contribution is 0.103. The minimum absolute atomic E-state index is 0.178. The molecule has 0 aliphatic carbocycles. The number of rotatable bonds is 2. The van der Waals surface area contributed by atoms with Crippen LogP contribution in [0.3, 0.4) is 0 Å². The van der Waals surface area contributed by atoms with Gasteiger partial charge in [0, 0.05) is 0 Å². The van der Waals surface area contributed by atoms with Crippen LogP contribution < -0.4 is 0 Å². The minimum Gasteiger partial charge on any atom is -0.364 e. The lowest BCUT2D eigenvalue weighted by Crippen LogP contribution is -2.02. The number of aromatic nitrogens is 2. The van der Waals surface area contributed by atoms with E-state index in [1.54, 1.807) is 13.8 Å². The van der Waals surface area contributed by atoms with Crippen molar-refractivity contribution in [2.45, 2.75) is 13.8 Å². The number of hydrogen-bond acceptors (Lipinski definition) is 5. The van der Waals surface area contributed by atoms with Crippen molar-refractivity contribution < 1.29 is 13.8 Å². The number of ketones is 1. The SMILES string of the molecule is Cc1nocc1C(=O)c1conc1C. The standard InChI is InChI=1S/C9H8N2O3/c1-5-7(3-13-10-5)9(12)8-4-14-11-6(8)2/h3-4H,1-2H3. The van der Waals surface area contributed by atoms with Gasteiger partial charge in [0.2, 0.25) is 5.78 Å². The Hall–Kier alpha value is -1.91. The van der Waals surface area contributed by atoms with Gasteiger partial charge in [0.25, 0.3) is 0 Å². The smallest absolute Gasteiger partial charge is 0.203 e. The summed E-state index contributed by atoms with van der Waals surface area (Å²) in [5.41, 5.74) is 2.01. The molecule has 0 radical (unpaired) electrons. The van der Waals surface area contributed by atoms with E-state index in [1.165, 1.54) is 12.5 Å². The molecule has 2 heterocycles. The van der Waals surface area contributed by atoms with Gasteiger partial charge in [-0.1, -0.05) is 10.3 Å². The zero-order valence-corrected chi connectivity index (χ0v) is 7.77. The largest absolute Gasteiger partial charge is 0.364 e. The van der Waals surface area contributed by atoms with Crippen molar-refractivity contribution in [2.24, 2.45) is 0 Å². The Morgan fingerprint density at radius 3 is 1.79 bits per heavy atom. The van der Waals surface area contributed by atoms with E-state index in [0.717, 1.165) is 0 Å². The lowest BCUT2D eigenvalue weighted by atomic mass is 10.1. The molecule has 0 saturated carbocycles. The zero-order chi connectivity index (χ0) is 10.1. The monoisotopic (exact) mass is 192 g/mol. The number of aryl methyl sites for hydroxylation is 2. The first-order chi connectivity index (χ1) is 6.70. The van der Waals surface area contributed by atoms with E-state index in [9.17, 15) is 4.79 Å². The fraction of sp³-hybridized carbons (Fsp3) is 0.222. The Morgan fingerprint density at radius 2 is 1.50 bits per heavy atom. The number of carbonyl (C=O) groups excluding carboxylic acids is 1. The third-order valence-electron chi connectivity index (χ3n) is 1.99. The van der Waals surface area contributed by atoms with Crippen molar-refractivity contribution in [1.82, 2.24) is 10.3 Å². The summed E-state index contributed by atoms with van der Waals surface area (Å²) in [5, 5.41) is 7.26. The predicted molar refractivity (Wildman–Crippen MR) is 45.9 cm³/mol. The van der Waals surface area contributed by atoms with Crippen LogP contribution in [0.25, 0.3) is 0 Å². The molecule has 0 aliphatic rings. The molecule has 5 heteroatoms. The van der Waals surface area contributed by atoms with Crippen LogP contribution >= 0.6 is 0 Å². The van der Waals surface area contributed by atoms with Gasteiger partial charge in [-0.15, -0.1) is 0 Å². The third-order valence-corrected chi connectivity index (χ3v) is 1.99. The molecular formula is C9H8N2O3. The first kappa shape index (κ1) is 8.68. The van der Waals surface area contributed by atoms with Gasteiger partial charge in [-0.3, -0.25) is 4.79 Å². The Balaban J connectivity index is 2.44. The number of hydrogen-bond donors (Lipinski definition) is 0. The summed E-state index contributed by atoms with van der Waals surface area (Å²) in [4.78, 5) is 11.8. The Morgan fingerprint density at radius 1 is 1.07 bits per heavy atom. The fourth-order valence-corrected chi connectivity index (χ4v) is 1.17. The normalized spacial score (nSPS) is 10.4. The molecule has 14 heavy (non-hydrogen) atoms. The molecule has 0 amide bonds. The lowest BCUT2D eigenvalue weighted by Gasteiger charge is -1.93. The maximum Gasteiger partial charge on any atom is 0.203 e. The Labute approximate surface area is 79.7 Å². The van der Waals surface area contributed by atoms with Gasteiger partial charge in [-0.05, 0) is 13.8 Å². The maximum atomic E-state index is 11.8. The number of nitrogens with zero attached hydrogens (tertiary/aromatic N) is 2. The molecule has 72 valence electrons. The van der Waals surface area contributed by atoms with Crippen molar-refractivity contribution >= 4 is 5.78 Å². The third kappa shape index (κ3) is 1.22. The maximum absolute atomic E-state index is 11.8. The van der Waals surface area contributed by atoms with Gasteiger partial charge in [0.1, 0.15) is 12.5 Å². The van der Waals surface area contributed by atoms with Gasteiger partial charge in [-0.25, -0.2) is 0 Å². The fourth-order valence-electron chi connectivity index (χ4n) is 1.17. The van der Waals surface area contributed by atoms with Crippen molar-refractivity contribution in [1.29, 1.82) is 0 Å². The summed E-state index contributed by atoms with van der Waals surface area (Å²) in [6, 6.07) is 0. The van der Waals surface area contributed by atoms with Crippen LogP contribution in [0, 0.1) is 13.8 Å². The molecule has 0 bridgehead atoms. The molecule has 2 aromatic heterocycles. The molecule has 0 unspecified atom stereocenters. The minimum atomic E-state index is -0.178. The highest BCUT2D eigenvalue weighted by Gasteiger charge is 2.19. The zero-order valence-electron chi connectivity index (χ0n) is 7.77. The quantitative estimate of drug-likeness (QED) is 0.674. The second kappa shape index (κ2) is 3.10. The van der Waals surface area contributed by atoms with Gasteiger partial charge < -0.3 is 9.05 Å². The molecule has 0 aromatic carbocycles. The first-order valence-electron chi connectivity index (χ1n) is 4.07. The van der Waals surface area contributed by atoms with Crippen molar-refractivity contribution in [3.05, 3.63) is 35.0 Å². The summed E-state index contributed by atoms with van der Waals surface area (Å²) in [6.07, 6.45) is 2.65. The van der Waals surface area contributed by atoms with E-state index in [-0.39, 0.29) is 5.78 Å². The van der Waals surface area contributed by atoms with Crippen LogP contribution in [0.4, 0.5) is 0 Å². The summed E-state index contributed by atoms with van der Waals surface area (Å²) >= 11 is 0. The van der Waals surface area contributed by atoms with E-state index >= 15 is 0 Å². The van der Waals surface area contributed by atoms with Gasteiger partial charge >= 0.3 is 0 Å². The predicted octanol–water partition coefficient (Wildman–Crippen LogP) is 1.51. The molecule has 0 saturated heterocycles. The van der Waals surface area contributed by atoms with Crippen LogP contribution in [-0.2, 0) is 0 Å². The Kier molecular flexibility index (Phi) is 1.92. The van der Waals surface area contributed by atoms with E-state index in [4.69, 9.17) is 0 Å². The molecule has 0 N–H and O–H groups in total. The summed E-state index contributed by atoms with van der Waals surface area (Å²) in [5.74, 6) is -0.178. The van der Waals surface area contributed by atoms with Crippen molar-refractivity contribution in [3.8, 4) is 0 Å². The van der Waals surface area contributed by atoms with Crippen molar-refractivity contribution in [3.63, 3.8) is 0 Å². The average molecular weight is 192 g/mol. The van der Waals surface area contributed by atoms with Gasteiger partial charge in [-0.2, -0.15) is 0 Å². The molecule has 0 atom stereocenters. The summed E-state index contributed by atoms with van der Waals surface area (Å²) in [7, 11) is 0. The molecule has 2 aromatic rings. The Bertz CT molecular complexity index is 428.